The highest BCUT2D eigenvalue weighted by molar-refractivity contribution is 7.89. The van der Waals surface area contributed by atoms with Gasteiger partial charge in [0.05, 0.1) is 5.69 Å². The van der Waals surface area contributed by atoms with Crippen LogP contribution in [0.1, 0.15) is 26.2 Å². The second-order valence-corrected chi connectivity index (χ2v) is 6.54. The van der Waals surface area contributed by atoms with E-state index in [1.807, 2.05) is 0 Å². The number of nitrogens with one attached hydrogen (secondary N) is 2. The summed E-state index contributed by atoms with van der Waals surface area (Å²) in [6, 6.07) is 1.71. The molecule has 2 N–H and O–H groups in total. The molecule has 0 saturated heterocycles. The van der Waals surface area contributed by atoms with E-state index in [0.717, 1.165) is 19.3 Å². The fourth-order valence-corrected chi connectivity index (χ4v) is 3.84. The molecule has 1 aromatic heterocycles. The van der Waals surface area contributed by atoms with Crippen molar-refractivity contribution in [3.8, 4) is 0 Å². The predicted octanol–water partition coefficient (Wildman–Crippen LogP) is 1.59. The number of hydrogen-bond donors (Lipinski definition) is 2. The van der Waals surface area contributed by atoms with Gasteiger partial charge in [0.1, 0.15) is 4.90 Å². The number of pyridine rings is 1. The lowest BCUT2D eigenvalue weighted by molar-refractivity contribution is 0.538. The largest absolute Gasteiger partial charge is 0.387 e. The average molecular weight is 269 g/mol. The summed E-state index contributed by atoms with van der Waals surface area (Å²) in [6.45, 7) is 2.15. The predicted molar refractivity (Wildman–Crippen MR) is 70.9 cm³/mol. The van der Waals surface area contributed by atoms with Crippen molar-refractivity contribution in [2.24, 2.45) is 5.92 Å². The van der Waals surface area contributed by atoms with Crippen LogP contribution in [0.5, 0.6) is 0 Å². The molecule has 100 valence electrons. The molecule has 5 nitrogen and oxygen atoms in total. The van der Waals surface area contributed by atoms with Gasteiger partial charge in [0.2, 0.25) is 10.0 Å². The number of hydrogen-bond acceptors (Lipinski definition) is 4. The highest BCUT2D eigenvalue weighted by Crippen LogP contribution is 2.27. The Kier molecular flexibility index (Phi) is 3.87. The molecule has 2 unspecified atom stereocenters. The molecule has 0 spiro atoms. The number of aromatic nitrogens is 1. The molecule has 0 aromatic carbocycles. The summed E-state index contributed by atoms with van der Waals surface area (Å²) >= 11 is 0. The van der Waals surface area contributed by atoms with Crippen LogP contribution in [-0.2, 0) is 10.0 Å². The highest BCUT2D eigenvalue weighted by Gasteiger charge is 2.27. The number of anilines is 1. The molecule has 1 aliphatic carbocycles. The van der Waals surface area contributed by atoms with Crippen molar-refractivity contribution in [3.63, 3.8) is 0 Å². The van der Waals surface area contributed by atoms with Crippen LogP contribution in [0, 0.1) is 5.92 Å². The van der Waals surface area contributed by atoms with E-state index >= 15 is 0 Å². The Morgan fingerprint density at radius 3 is 2.78 bits per heavy atom. The third-order valence-corrected chi connectivity index (χ3v) is 4.91. The van der Waals surface area contributed by atoms with E-state index in [1.165, 1.54) is 6.20 Å². The fourth-order valence-electron chi connectivity index (χ4n) is 2.40. The van der Waals surface area contributed by atoms with Crippen molar-refractivity contribution in [1.82, 2.24) is 9.71 Å². The van der Waals surface area contributed by atoms with Gasteiger partial charge in [0, 0.05) is 25.5 Å². The van der Waals surface area contributed by atoms with E-state index in [1.54, 1.807) is 19.3 Å². The van der Waals surface area contributed by atoms with Crippen molar-refractivity contribution < 1.29 is 8.42 Å². The van der Waals surface area contributed by atoms with E-state index in [9.17, 15) is 8.42 Å². The molecule has 6 heteroatoms. The Labute approximate surface area is 108 Å². The summed E-state index contributed by atoms with van der Waals surface area (Å²) in [4.78, 5) is 4.10. The van der Waals surface area contributed by atoms with Crippen LogP contribution in [-0.4, -0.2) is 26.5 Å². The third kappa shape index (κ3) is 2.81. The second kappa shape index (κ2) is 5.24. The highest BCUT2D eigenvalue weighted by atomic mass is 32.2. The van der Waals surface area contributed by atoms with Gasteiger partial charge in [-0.25, -0.2) is 13.1 Å². The average Bonchev–Trinajstić information content (AvgIpc) is 2.74. The van der Waals surface area contributed by atoms with Gasteiger partial charge in [-0.2, -0.15) is 0 Å². The van der Waals surface area contributed by atoms with Crippen molar-refractivity contribution in [2.45, 2.75) is 37.1 Å². The van der Waals surface area contributed by atoms with Gasteiger partial charge in [0.15, 0.2) is 0 Å². The minimum absolute atomic E-state index is 0.0508. The van der Waals surface area contributed by atoms with E-state index in [2.05, 4.69) is 21.9 Å². The zero-order chi connectivity index (χ0) is 13.2. The van der Waals surface area contributed by atoms with Gasteiger partial charge in [-0.05, 0) is 31.2 Å². The summed E-state index contributed by atoms with van der Waals surface area (Å²) in [7, 11) is -1.78. The minimum atomic E-state index is -3.48. The summed E-state index contributed by atoms with van der Waals surface area (Å²) in [6.07, 6.45) is 5.86. The zero-order valence-electron chi connectivity index (χ0n) is 10.7. The lowest BCUT2D eigenvalue weighted by Crippen LogP contribution is -2.33. The van der Waals surface area contributed by atoms with Crippen LogP contribution in [0.2, 0.25) is 0 Å². The maximum absolute atomic E-state index is 12.3. The molecule has 2 rings (SSSR count). The minimum Gasteiger partial charge on any atom is -0.387 e. The molecule has 1 heterocycles. The van der Waals surface area contributed by atoms with Crippen LogP contribution in [0.4, 0.5) is 5.69 Å². The maximum Gasteiger partial charge on any atom is 0.244 e. The molecule has 0 aliphatic heterocycles. The van der Waals surface area contributed by atoms with Crippen LogP contribution >= 0.6 is 0 Å². The maximum atomic E-state index is 12.3. The van der Waals surface area contributed by atoms with Crippen molar-refractivity contribution in [3.05, 3.63) is 18.5 Å². The molecule has 0 amide bonds. The van der Waals surface area contributed by atoms with Crippen LogP contribution in [0.3, 0.4) is 0 Å². The van der Waals surface area contributed by atoms with Gasteiger partial charge in [-0.1, -0.05) is 6.92 Å². The zero-order valence-corrected chi connectivity index (χ0v) is 11.5. The summed E-state index contributed by atoms with van der Waals surface area (Å²) in [5.74, 6) is 0.593. The molecule has 1 fully saturated rings. The molecular weight excluding hydrogens is 250 g/mol. The van der Waals surface area contributed by atoms with E-state index < -0.39 is 10.0 Å². The standard InChI is InChI=1S/C12H19N3O2S/c1-9-3-4-10(7-9)15-18(16,17)12-8-14-6-5-11(12)13-2/h5-6,8-10,15H,3-4,7H2,1-2H3,(H,13,14). The Morgan fingerprint density at radius 1 is 1.39 bits per heavy atom. The van der Waals surface area contributed by atoms with Crippen molar-refractivity contribution >= 4 is 15.7 Å². The number of nitrogens with zero attached hydrogens (tertiary/aromatic N) is 1. The monoisotopic (exact) mass is 269 g/mol. The second-order valence-electron chi connectivity index (χ2n) is 4.86. The van der Waals surface area contributed by atoms with Gasteiger partial charge >= 0.3 is 0 Å². The first-order valence-electron chi connectivity index (χ1n) is 6.17. The van der Waals surface area contributed by atoms with Gasteiger partial charge < -0.3 is 5.32 Å². The first kappa shape index (κ1) is 13.3. The first-order chi connectivity index (χ1) is 8.53. The van der Waals surface area contributed by atoms with Crippen molar-refractivity contribution in [1.29, 1.82) is 0 Å². The van der Waals surface area contributed by atoms with E-state index in [4.69, 9.17) is 0 Å². The molecule has 1 aromatic rings. The SMILES string of the molecule is CNc1ccncc1S(=O)(=O)NC1CCC(C)C1. The lowest BCUT2D eigenvalue weighted by Gasteiger charge is -2.14. The quantitative estimate of drug-likeness (QED) is 0.870. The smallest absolute Gasteiger partial charge is 0.244 e. The number of rotatable bonds is 4. The summed E-state index contributed by atoms with van der Waals surface area (Å²) < 4.78 is 27.3. The summed E-state index contributed by atoms with van der Waals surface area (Å²) in [5, 5.41) is 2.88. The van der Waals surface area contributed by atoms with Crippen LogP contribution in [0.15, 0.2) is 23.4 Å². The Morgan fingerprint density at radius 2 is 2.17 bits per heavy atom. The van der Waals surface area contributed by atoms with Gasteiger partial charge in [0.25, 0.3) is 0 Å². The molecule has 2 atom stereocenters. The first-order valence-corrected chi connectivity index (χ1v) is 7.65. The van der Waals surface area contributed by atoms with Gasteiger partial charge in [-0.15, -0.1) is 0 Å². The van der Waals surface area contributed by atoms with Crippen LogP contribution < -0.4 is 10.0 Å². The Hall–Kier alpha value is -1.14. The molecular formula is C12H19N3O2S. The summed E-state index contributed by atoms with van der Waals surface area (Å²) in [5.41, 5.74) is 0.573. The molecule has 0 bridgehead atoms. The molecule has 1 saturated carbocycles. The fraction of sp³-hybridized carbons (Fsp3) is 0.583. The number of sulfonamides is 1. The third-order valence-electron chi connectivity index (χ3n) is 3.36. The van der Waals surface area contributed by atoms with E-state index in [0.29, 0.717) is 11.6 Å². The van der Waals surface area contributed by atoms with Crippen LogP contribution in [0.25, 0.3) is 0 Å². The molecule has 1 aliphatic rings. The molecule has 0 radical (unpaired) electrons. The lowest BCUT2D eigenvalue weighted by atomic mass is 10.1. The Bertz CT molecular complexity index is 516. The van der Waals surface area contributed by atoms with Crippen molar-refractivity contribution in [2.75, 3.05) is 12.4 Å². The topological polar surface area (TPSA) is 71.1 Å². The normalized spacial score (nSPS) is 24.1. The van der Waals surface area contributed by atoms with E-state index in [-0.39, 0.29) is 10.9 Å². The van der Waals surface area contributed by atoms with Gasteiger partial charge in [-0.3, -0.25) is 4.98 Å². The molecule has 18 heavy (non-hydrogen) atoms. The Balaban J connectivity index is 2.20.